The SMILES string of the molecule is CCCN(CCOC1CCCCO1)C1CCCNC1. The van der Waals surface area contributed by atoms with Crippen LogP contribution in [0, 0.1) is 0 Å². The highest BCUT2D eigenvalue weighted by atomic mass is 16.7. The topological polar surface area (TPSA) is 33.7 Å². The predicted octanol–water partition coefficient (Wildman–Crippen LogP) is 1.99. The van der Waals surface area contributed by atoms with Gasteiger partial charge in [-0.3, -0.25) is 4.90 Å². The summed E-state index contributed by atoms with van der Waals surface area (Å²) in [5.74, 6) is 0. The van der Waals surface area contributed by atoms with Crippen molar-refractivity contribution in [3.05, 3.63) is 0 Å². The van der Waals surface area contributed by atoms with Crippen molar-refractivity contribution in [2.75, 3.05) is 39.4 Å². The van der Waals surface area contributed by atoms with Crippen LogP contribution in [-0.2, 0) is 9.47 Å². The van der Waals surface area contributed by atoms with Gasteiger partial charge in [-0.2, -0.15) is 0 Å². The molecule has 0 saturated carbocycles. The molecule has 2 aliphatic rings. The Kier molecular flexibility index (Phi) is 7.14. The summed E-state index contributed by atoms with van der Waals surface area (Å²) in [7, 11) is 0. The first kappa shape index (κ1) is 15.2. The van der Waals surface area contributed by atoms with Crippen LogP contribution in [0.4, 0.5) is 0 Å². The lowest BCUT2D eigenvalue weighted by atomic mass is 10.1. The van der Waals surface area contributed by atoms with E-state index in [1.54, 1.807) is 0 Å². The average Bonchev–Trinajstić information content (AvgIpc) is 2.48. The molecule has 2 aliphatic heterocycles. The minimum Gasteiger partial charge on any atom is -0.353 e. The Bertz CT molecular complexity index is 226. The Balaban J connectivity index is 1.66. The molecule has 112 valence electrons. The normalized spacial score (nSPS) is 28.7. The van der Waals surface area contributed by atoms with Crippen molar-refractivity contribution in [2.45, 2.75) is 57.8 Å². The fraction of sp³-hybridized carbons (Fsp3) is 1.00. The predicted molar refractivity (Wildman–Crippen MR) is 77.3 cm³/mol. The molecule has 2 rings (SSSR count). The van der Waals surface area contributed by atoms with E-state index in [9.17, 15) is 0 Å². The van der Waals surface area contributed by atoms with Crippen LogP contribution < -0.4 is 5.32 Å². The first-order valence-corrected chi connectivity index (χ1v) is 8.08. The highest BCUT2D eigenvalue weighted by Crippen LogP contribution is 2.15. The van der Waals surface area contributed by atoms with Crippen molar-refractivity contribution in [1.29, 1.82) is 0 Å². The van der Waals surface area contributed by atoms with Gasteiger partial charge in [0.2, 0.25) is 0 Å². The third-order valence-electron chi connectivity index (χ3n) is 4.12. The number of ether oxygens (including phenoxy) is 2. The molecule has 0 aromatic carbocycles. The fourth-order valence-electron chi connectivity index (χ4n) is 3.05. The molecule has 0 bridgehead atoms. The molecule has 4 nitrogen and oxygen atoms in total. The lowest BCUT2D eigenvalue weighted by molar-refractivity contribution is -0.165. The molecule has 2 atom stereocenters. The van der Waals surface area contributed by atoms with Crippen molar-refractivity contribution >= 4 is 0 Å². The largest absolute Gasteiger partial charge is 0.353 e. The number of nitrogens with zero attached hydrogens (tertiary/aromatic N) is 1. The number of rotatable bonds is 7. The van der Waals surface area contributed by atoms with Crippen LogP contribution in [0.15, 0.2) is 0 Å². The second kappa shape index (κ2) is 8.90. The monoisotopic (exact) mass is 270 g/mol. The molecule has 2 heterocycles. The van der Waals surface area contributed by atoms with Gasteiger partial charge in [0.05, 0.1) is 6.61 Å². The summed E-state index contributed by atoms with van der Waals surface area (Å²) >= 11 is 0. The van der Waals surface area contributed by atoms with E-state index in [0.29, 0.717) is 6.04 Å². The summed E-state index contributed by atoms with van der Waals surface area (Å²) in [6.45, 7) is 8.48. The van der Waals surface area contributed by atoms with Gasteiger partial charge in [0.15, 0.2) is 6.29 Å². The van der Waals surface area contributed by atoms with Crippen LogP contribution in [0.2, 0.25) is 0 Å². The number of hydrogen-bond donors (Lipinski definition) is 1. The Morgan fingerprint density at radius 2 is 2.16 bits per heavy atom. The van der Waals surface area contributed by atoms with Crippen LogP contribution in [0.3, 0.4) is 0 Å². The van der Waals surface area contributed by atoms with Crippen LogP contribution in [0.1, 0.15) is 45.4 Å². The molecule has 2 saturated heterocycles. The van der Waals surface area contributed by atoms with E-state index in [1.165, 1.54) is 45.2 Å². The van der Waals surface area contributed by atoms with Gasteiger partial charge in [0.1, 0.15) is 0 Å². The van der Waals surface area contributed by atoms with Crippen molar-refractivity contribution < 1.29 is 9.47 Å². The maximum Gasteiger partial charge on any atom is 0.157 e. The molecule has 1 N–H and O–H groups in total. The van der Waals surface area contributed by atoms with E-state index in [-0.39, 0.29) is 6.29 Å². The van der Waals surface area contributed by atoms with Crippen molar-refractivity contribution in [1.82, 2.24) is 10.2 Å². The van der Waals surface area contributed by atoms with Gasteiger partial charge in [-0.1, -0.05) is 6.92 Å². The quantitative estimate of drug-likeness (QED) is 0.767. The molecule has 0 spiro atoms. The second-order valence-electron chi connectivity index (χ2n) is 5.70. The molecule has 0 amide bonds. The third kappa shape index (κ3) is 5.38. The third-order valence-corrected chi connectivity index (χ3v) is 4.12. The molecule has 19 heavy (non-hydrogen) atoms. The maximum absolute atomic E-state index is 5.87. The van der Waals surface area contributed by atoms with Crippen LogP contribution in [0.25, 0.3) is 0 Å². The molecule has 0 aliphatic carbocycles. The number of nitrogens with one attached hydrogen (secondary N) is 1. The van der Waals surface area contributed by atoms with Gasteiger partial charge < -0.3 is 14.8 Å². The first-order valence-electron chi connectivity index (χ1n) is 8.08. The zero-order valence-corrected chi connectivity index (χ0v) is 12.4. The van der Waals surface area contributed by atoms with Crippen molar-refractivity contribution in [3.63, 3.8) is 0 Å². The van der Waals surface area contributed by atoms with Gasteiger partial charge >= 0.3 is 0 Å². The molecule has 2 unspecified atom stereocenters. The molecule has 4 heteroatoms. The van der Waals surface area contributed by atoms with Gasteiger partial charge in [0, 0.05) is 25.7 Å². The number of hydrogen-bond acceptors (Lipinski definition) is 4. The highest BCUT2D eigenvalue weighted by molar-refractivity contribution is 4.78. The summed E-state index contributed by atoms with van der Waals surface area (Å²) in [5, 5.41) is 3.51. The molecule has 0 aromatic rings. The minimum atomic E-state index is 0.0571. The van der Waals surface area contributed by atoms with Crippen molar-refractivity contribution in [2.24, 2.45) is 0 Å². The van der Waals surface area contributed by atoms with Crippen LogP contribution in [-0.4, -0.2) is 56.6 Å². The standard InChI is InChI=1S/C15H30N2O2/c1-2-9-17(14-6-5-8-16-13-14)10-12-19-15-7-3-4-11-18-15/h14-16H,2-13H2,1H3. The average molecular weight is 270 g/mol. The van der Waals surface area contributed by atoms with Crippen LogP contribution in [0.5, 0.6) is 0 Å². The zero-order valence-electron chi connectivity index (χ0n) is 12.4. The van der Waals surface area contributed by atoms with E-state index in [1.807, 2.05) is 0 Å². The Morgan fingerprint density at radius 1 is 1.21 bits per heavy atom. The second-order valence-corrected chi connectivity index (χ2v) is 5.70. The van der Waals surface area contributed by atoms with Gasteiger partial charge in [0.25, 0.3) is 0 Å². The van der Waals surface area contributed by atoms with E-state index in [2.05, 4.69) is 17.1 Å². The fourth-order valence-corrected chi connectivity index (χ4v) is 3.05. The number of piperidine rings is 1. The van der Waals surface area contributed by atoms with E-state index in [0.717, 1.165) is 32.7 Å². The molecule has 0 radical (unpaired) electrons. The summed E-state index contributed by atoms with van der Waals surface area (Å²) in [6.07, 6.45) is 7.41. The minimum absolute atomic E-state index is 0.0571. The smallest absolute Gasteiger partial charge is 0.157 e. The highest BCUT2D eigenvalue weighted by Gasteiger charge is 2.21. The lowest BCUT2D eigenvalue weighted by Crippen LogP contribution is -2.47. The molecular weight excluding hydrogens is 240 g/mol. The zero-order chi connectivity index (χ0) is 13.3. The lowest BCUT2D eigenvalue weighted by Gasteiger charge is -2.35. The van der Waals surface area contributed by atoms with E-state index >= 15 is 0 Å². The molecule has 0 aromatic heterocycles. The molecule has 2 fully saturated rings. The van der Waals surface area contributed by atoms with Crippen molar-refractivity contribution in [3.8, 4) is 0 Å². The van der Waals surface area contributed by atoms with Gasteiger partial charge in [-0.15, -0.1) is 0 Å². The summed E-state index contributed by atoms with van der Waals surface area (Å²) in [4.78, 5) is 2.59. The Hall–Kier alpha value is -0.160. The Labute approximate surface area is 117 Å². The maximum atomic E-state index is 5.87. The van der Waals surface area contributed by atoms with Gasteiger partial charge in [-0.25, -0.2) is 0 Å². The summed E-state index contributed by atoms with van der Waals surface area (Å²) < 4.78 is 11.5. The van der Waals surface area contributed by atoms with E-state index in [4.69, 9.17) is 9.47 Å². The van der Waals surface area contributed by atoms with Crippen LogP contribution >= 0.6 is 0 Å². The first-order chi connectivity index (χ1) is 9.40. The Morgan fingerprint density at radius 3 is 2.84 bits per heavy atom. The van der Waals surface area contributed by atoms with Gasteiger partial charge in [-0.05, 0) is 51.6 Å². The molecular formula is C15H30N2O2. The summed E-state index contributed by atoms with van der Waals surface area (Å²) in [5.41, 5.74) is 0. The van der Waals surface area contributed by atoms with E-state index < -0.39 is 0 Å². The summed E-state index contributed by atoms with van der Waals surface area (Å²) in [6, 6.07) is 0.699.